The van der Waals surface area contributed by atoms with Gasteiger partial charge in [-0.3, -0.25) is 0 Å². The summed E-state index contributed by atoms with van der Waals surface area (Å²) in [6, 6.07) is 19.7. The van der Waals surface area contributed by atoms with Crippen molar-refractivity contribution in [1.82, 2.24) is 9.97 Å². The monoisotopic (exact) mass is 495 g/mol. The van der Waals surface area contributed by atoms with E-state index in [1.165, 1.54) is 25.4 Å². The topological polar surface area (TPSA) is 68.9 Å². The molecular formula is C21H22ClN3OS4. The summed E-state index contributed by atoms with van der Waals surface area (Å²) < 4.78 is 14.0. The van der Waals surface area contributed by atoms with Crippen LogP contribution in [0.2, 0.25) is 0 Å². The first-order valence-corrected chi connectivity index (χ1v) is 12.6. The average molecular weight is 496 g/mol. The molecule has 4 rings (SSSR count). The maximum atomic E-state index is 12.0. The molecule has 2 N–H and O–H groups in total. The second-order valence-electron chi connectivity index (χ2n) is 5.70. The van der Waals surface area contributed by atoms with E-state index in [4.69, 9.17) is 5.73 Å². The molecule has 0 fully saturated rings. The Morgan fingerprint density at radius 2 is 1.57 bits per heavy atom. The molecule has 0 saturated carbocycles. The molecule has 0 aliphatic carbocycles. The molecule has 0 amide bonds. The van der Waals surface area contributed by atoms with Crippen molar-refractivity contribution in [3.63, 3.8) is 0 Å². The number of rotatable bonds is 6. The lowest BCUT2D eigenvalue weighted by atomic mass is 10.4. The minimum Gasteiger partial charge on any atom is -0.325 e. The van der Waals surface area contributed by atoms with Gasteiger partial charge in [0.15, 0.2) is 0 Å². The number of hydrogen-bond acceptors (Lipinski definition) is 7. The minimum atomic E-state index is -1.13. The quantitative estimate of drug-likeness (QED) is 0.352. The van der Waals surface area contributed by atoms with Crippen molar-refractivity contribution in [1.29, 1.82) is 0 Å². The van der Waals surface area contributed by atoms with E-state index >= 15 is 0 Å². The third-order valence-corrected chi connectivity index (χ3v) is 8.58. The van der Waals surface area contributed by atoms with Crippen LogP contribution < -0.4 is 5.73 Å². The standard InChI is InChI=1S/C11H11NS2.C10H10N2OS2.ClH/c1-2-10-12-8-11(14-10)13-9-6-4-3-5-7-9;11-6-9-12-7-10(14-9)15(13)8-4-2-1-3-5-8;/h3-8H,2H2,1H3;1-5,7H,6,11H2;1H. The Kier molecular flexibility index (Phi) is 10.7. The Morgan fingerprint density at radius 3 is 2.13 bits per heavy atom. The highest BCUT2D eigenvalue weighted by atomic mass is 35.5. The van der Waals surface area contributed by atoms with Gasteiger partial charge in [0.1, 0.15) is 9.22 Å². The summed E-state index contributed by atoms with van der Waals surface area (Å²) in [6.07, 6.45) is 4.62. The summed E-state index contributed by atoms with van der Waals surface area (Å²) in [5.74, 6) is 0. The summed E-state index contributed by atoms with van der Waals surface area (Å²) in [5, 5.41) is 2.03. The maximum Gasteiger partial charge on any atom is 0.116 e. The van der Waals surface area contributed by atoms with E-state index in [1.807, 2.05) is 42.6 Å². The number of nitrogens with two attached hydrogens (primary N) is 1. The average Bonchev–Trinajstić information content (AvgIpc) is 3.44. The first kappa shape index (κ1) is 24.7. The van der Waals surface area contributed by atoms with Crippen LogP contribution in [0, 0.1) is 0 Å². The highest BCUT2D eigenvalue weighted by molar-refractivity contribution is 8.01. The van der Waals surface area contributed by atoms with Crippen molar-refractivity contribution in [2.75, 3.05) is 0 Å². The molecule has 0 saturated heterocycles. The molecule has 158 valence electrons. The SMILES string of the molecule is CCc1ncc(Sc2ccccc2)s1.Cl.NCc1ncc(S(=O)c2ccccc2)s1. The number of benzene rings is 2. The zero-order valence-corrected chi connectivity index (χ0v) is 20.3. The molecule has 1 unspecified atom stereocenters. The van der Waals surface area contributed by atoms with Gasteiger partial charge in [-0.05, 0) is 30.7 Å². The first-order chi connectivity index (χ1) is 14.2. The molecular weight excluding hydrogens is 474 g/mol. The number of halogens is 1. The van der Waals surface area contributed by atoms with Crippen molar-refractivity contribution in [3.05, 3.63) is 83.1 Å². The molecule has 0 radical (unpaired) electrons. The van der Waals surface area contributed by atoms with Gasteiger partial charge in [0.2, 0.25) is 0 Å². The smallest absolute Gasteiger partial charge is 0.116 e. The first-order valence-electron chi connectivity index (χ1n) is 8.98. The van der Waals surface area contributed by atoms with Gasteiger partial charge in [-0.2, -0.15) is 0 Å². The lowest BCUT2D eigenvalue weighted by Crippen LogP contribution is -1.93. The minimum absolute atomic E-state index is 0. The third kappa shape index (κ3) is 7.30. The number of aryl methyl sites for hydroxylation is 1. The molecule has 1 atom stereocenters. The summed E-state index contributed by atoms with van der Waals surface area (Å²) >= 11 is 4.96. The molecule has 9 heteroatoms. The van der Waals surface area contributed by atoms with Crippen LogP contribution in [0.5, 0.6) is 0 Å². The second-order valence-corrected chi connectivity index (χ2v) is 11.0. The van der Waals surface area contributed by atoms with Crippen molar-refractivity contribution in [3.8, 4) is 0 Å². The number of aromatic nitrogens is 2. The molecule has 0 aliphatic rings. The van der Waals surface area contributed by atoms with Crippen LogP contribution >= 0.6 is 46.8 Å². The predicted octanol–water partition coefficient (Wildman–Crippen LogP) is 6.05. The maximum absolute atomic E-state index is 12.0. The zero-order valence-electron chi connectivity index (χ0n) is 16.3. The van der Waals surface area contributed by atoms with E-state index in [-0.39, 0.29) is 12.4 Å². The van der Waals surface area contributed by atoms with Gasteiger partial charge in [-0.25, -0.2) is 14.2 Å². The van der Waals surface area contributed by atoms with E-state index in [9.17, 15) is 4.21 Å². The van der Waals surface area contributed by atoms with Crippen molar-refractivity contribution in [2.24, 2.45) is 5.73 Å². The third-order valence-electron chi connectivity index (χ3n) is 3.64. The zero-order chi connectivity index (χ0) is 20.5. The Bertz CT molecular complexity index is 1040. The summed E-state index contributed by atoms with van der Waals surface area (Å²) in [6.45, 7) is 2.53. The van der Waals surface area contributed by atoms with Gasteiger partial charge < -0.3 is 5.73 Å². The lowest BCUT2D eigenvalue weighted by Gasteiger charge is -1.96. The largest absolute Gasteiger partial charge is 0.325 e. The lowest BCUT2D eigenvalue weighted by molar-refractivity contribution is 0.684. The van der Waals surface area contributed by atoms with Gasteiger partial charge in [0.05, 0.1) is 32.4 Å². The van der Waals surface area contributed by atoms with E-state index in [0.29, 0.717) is 6.54 Å². The van der Waals surface area contributed by atoms with Gasteiger partial charge in [0, 0.05) is 16.3 Å². The fourth-order valence-corrected chi connectivity index (χ4v) is 6.40. The molecule has 2 aromatic carbocycles. The van der Waals surface area contributed by atoms with Gasteiger partial charge >= 0.3 is 0 Å². The van der Waals surface area contributed by atoms with Crippen LogP contribution in [0.15, 0.2) is 91.3 Å². The normalized spacial score (nSPS) is 11.1. The van der Waals surface area contributed by atoms with Gasteiger partial charge in [0.25, 0.3) is 0 Å². The van der Waals surface area contributed by atoms with Gasteiger partial charge in [-0.15, -0.1) is 35.1 Å². The van der Waals surface area contributed by atoms with Crippen LogP contribution in [0.25, 0.3) is 0 Å². The molecule has 0 aliphatic heterocycles. The number of thiazole rings is 2. The summed E-state index contributed by atoms with van der Waals surface area (Å²) in [7, 11) is -1.13. The fraction of sp³-hybridized carbons (Fsp3) is 0.143. The van der Waals surface area contributed by atoms with Crippen LogP contribution in [-0.4, -0.2) is 14.2 Å². The summed E-state index contributed by atoms with van der Waals surface area (Å²) in [5.41, 5.74) is 5.45. The second kappa shape index (κ2) is 13.0. The molecule has 4 aromatic rings. The highest BCUT2D eigenvalue weighted by Gasteiger charge is 2.10. The Hall–Kier alpha value is -1.55. The van der Waals surface area contributed by atoms with Crippen LogP contribution in [0.1, 0.15) is 16.9 Å². The Labute approximate surface area is 197 Å². The summed E-state index contributed by atoms with van der Waals surface area (Å²) in [4.78, 5) is 10.5. The Morgan fingerprint density at radius 1 is 0.933 bits per heavy atom. The predicted molar refractivity (Wildman–Crippen MR) is 130 cm³/mol. The van der Waals surface area contributed by atoms with E-state index in [1.54, 1.807) is 29.3 Å². The number of nitrogens with zero attached hydrogens (tertiary/aromatic N) is 2. The van der Waals surface area contributed by atoms with E-state index in [2.05, 4.69) is 41.2 Å². The van der Waals surface area contributed by atoms with Gasteiger partial charge in [-0.1, -0.05) is 55.1 Å². The fourth-order valence-electron chi connectivity index (χ4n) is 2.24. The molecule has 0 spiro atoms. The van der Waals surface area contributed by atoms with Crippen molar-refractivity contribution >= 4 is 57.6 Å². The molecule has 2 heterocycles. The number of hydrogen-bond donors (Lipinski definition) is 1. The molecule has 30 heavy (non-hydrogen) atoms. The highest BCUT2D eigenvalue weighted by Crippen LogP contribution is 2.31. The van der Waals surface area contributed by atoms with Crippen molar-refractivity contribution in [2.45, 2.75) is 38.1 Å². The molecule has 2 aromatic heterocycles. The molecule has 0 bridgehead atoms. The van der Waals surface area contributed by atoms with Crippen LogP contribution in [-0.2, 0) is 23.8 Å². The van der Waals surface area contributed by atoms with E-state index in [0.717, 1.165) is 20.5 Å². The van der Waals surface area contributed by atoms with Crippen LogP contribution in [0.3, 0.4) is 0 Å². The van der Waals surface area contributed by atoms with Crippen LogP contribution in [0.4, 0.5) is 0 Å². The molecule has 4 nitrogen and oxygen atoms in total. The Balaban J connectivity index is 0.000000207. The van der Waals surface area contributed by atoms with Crippen molar-refractivity contribution < 1.29 is 4.21 Å². The van der Waals surface area contributed by atoms with E-state index < -0.39 is 10.8 Å².